The zero-order valence-corrected chi connectivity index (χ0v) is 11.6. The minimum atomic E-state index is 0.427. The molecule has 0 saturated heterocycles. The molecule has 1 heterocycles. The summed E-state index contributed by atoms with van der Waals surface area (Å²) in [5.41, 5.74) is 3.28. The lowest BCUT2D eigenvalue weighted by atomic mass is 10.1. The van der Waals surface area contributed by atoms with Gasteiger partial charge in [-0.1, -0.05) is 48.0 Å². The van der Waals surface area contributed by atoms with Gasteiger partial charge in [0.2, 0.25) is 0 Å². The highest BCUT2D eigenvalue weighted by atomic mass is 35.5. The lowest BCUT2D eigenvalue weighted by molar-refractivity contribution is 0.833. The molecular weight excluding hydrogens is 268 g/mol. The fourth-order valence-electron chi connectivity index (χ4n) is 2.49. The van der Waals surface area contributed by atoms with Gasteiger partial charge in [0, 0.05) is 28.7 Å². The summed E-state index contributed by atoms with van der Waals surface area (Å²) in [7, 11) is 0. The topological polar surface area (TPSA) is 28.7 Å². The maximum atomic E-state index is 8.94. The quantitative estimate of drug-likeness (QED) is 0.698. The number of fused-ring (bicyclic) bond motifs is 1. The molecule has 1 aromatic heterocycles. The van der Waals surface area contributed by atoms with Gasteiger partial charge in [-0.25, -0.2) is 0 Å². The molecule has 0 saturated carbocycles. The van der Waals surface area contributed by atoms with E-state index in [1.54, 1.807) is 0 Å². The van der Waals surface area contributed by atoms with E-state index in [1.165, 1.54) is 0 Å². The third-order valence-electron chi connectivity index (χ3n) is 3.44. The predicted molar refractivity (Wildman–Crippen MR) is 81.8 cm³/mol. The number of rotatable bonds is 3. The number of nitriles is 1. The summed E-state index contributed by atoms with van der Waals surface area (Å²) < 4.78 is 2.16. The van der Waals surface area contributed by atoms with E-state index in [4.69, 9.17) is 16.9 Å². The van der Waals surface area contributed by atoms with Gasteiger partial charge in [-0.3, -0.25) is 0 Å². The molecule has 0 N–H and O–H groups in total. The second kappa shape index (κ2) is 5.40. The Labute approximate surface area is 122 Å². The van der Waals surface area contributed by atoms with Gasteiger partial charge < -0.3 is 4.57 Å². The van der Waals surface area contributed by atoms with Crippen molar-refractivity contribution < 1.29 is 0 Å². The van der Waals surface area contributed by atoms with Crippen LogP contribution in [0, 0.1) is 11.3 Å². The number of hydrogen-bond donors (Lipinski definition) is 0. The number of benzene rings is 2. The molecule has 20 heavy (non-hydrogen) atoms. The molecule has 0 atom stereocenters. The summed E-state index contributed by atoms with van der Waals surface area (Å²) in [6.07, 6.45) is 2.48. The Hall–Kier alpha value is -2.24. The maximum absolute atomic E-state index is 8.94. The largest absolute Gasteiger partial charge is 0.343 e. The summed E-state index contributed by atoms with van der Waals surface area (Å²) in [4.78, 5) is 0. The van der Waals surface area contributed by atoms with Gasteiger partial charge in [-0.05, 0) is 23.3 Å². The number of para-hydroxylation sites is 1. The normalized spacial score (nSPS) is 10.6. The zero-order valence-electron chi connectivity index (χ0n) is 10.9. The number of aromatic nitrogens is 1. The molecule has 2 aromatic carbocycles. The molecule has 98 valence electrons. The third kappa shape index (κ3) is 2.29. The lowest BCUT2D eigenvalue weighted by Crippen LogP contribution is -1.98. The standard InChI is InChI=1S/C17H13ClN2/c18-16-7-3-1-5-14(16)12-20-11-13(9-10-19)15-6-2-4-8-17(15)20/h1-8,11H,9,12H2. The van der Waals surface area contributed by atoms with Gasteiger partial charge in [0.05, 0.1) is 12.5 Å². The molecule has 0 radical (unpaired) electrons. The monoisotopic (exact) mass is 280 g/mol. The Balaban J connectivity index is 2.08. The van der Waals surface area contributed by atoms with E-state index in [-0.39, 0.29) is 0 Å². The Kier molecular flexibility index (Phi) is 3.45. The van der Waals surface area contributed by atoms with Gasteiger partial charge in [0.1, 0.15) is 0 Å². The van der Waals surface area contributed by atoms with Crippen LogP contribution in [0.15, 0.2) is 54.7 Å². The highest BCUT2D eigenvalue weighted by molar-refractivity contribution is 6.31. The van der Waals surface area contributed by atoms with Crippen LogP contribution in [0.25, 0.3) is 10.9 Å². The van der Waals surface area contributed by atoms with E-state index in [9.17, 15) is 0 Å². The van der Waals surface area contributed by atoms with E-state index in [1.807, 2.05) is 36.4 Å². The molecule has 0 aliphatic carbocycles. The number of nitrogens with zero attached hydrogens (tertiary/aromatic N) is 2. The van der Waals surface area contributed by atoms with Gasteiger partial charge in [-0.15, -0.1) is 0 Å². The molecule has 0 aliphatic heterocycles. The van der Waals surface area contributed by atoms with E-state index in [0.29, 0.717) is 13.0 Å². The first kappa shape index (κ1) is 12.8. The Morgan fingerprint density at radius 1 is 1.00 bits per heavy atom. The van der Waals surface area contributed by atoms with Gasteiger partial charge in [0.15, 0.2) is 0 Å². The first-order valence-corrected chi connectivity index (χ1v) is 6.84. The number of halogens is 1. The third-order valence-corrected chi connectivity index (χ3v) is 3.81. The van der Waals surface area contributed by atoms with Gasteiger partial charge >= 0.3 is 0 Å². The van der Waals surface area contributed by atoms with Gasteiger partial charge in [-0.2, -0.15) is 5.26 Å². The van der Waals surface area contributed by atoms with E-state index < -0.39 is 0 Å². The first-order valence-electron chi connectivity index (χ1n) is 6.46. The van der Waals surface area contributed by atoms with Crippen molar-refractivity contribution in [1.29, 1.82) is 5.26 Å². The average Bonchev–Trinajstić information content (AvgIpc) is 2.81. The van der Waals surface area contributed by atoms with Crippen molar-refractivity contribution in [2.75, 3.05) is 0 Å². The number of hydrogen-bond acceptors (Lipinski definition) is 1. The minimum absolute atomic E-state index is 0.427. The second-order valence-corrected chi connectivity index (χ2v) is 5.13. The Morgan fingerprint density at radius 3 is 2.55 bits per heavy atom. The summed E-state index contributed by atoms with van der Waals surface area (Å²) >= 11 is 6.23. The van der Waals surface area contributed by atoms with Crippen molar-refractivity contribution in [3.63, 3.8) is 0 Å². The maximum Gasteiger partial charge on any atom is 0.0670 e. The minimum Gasteiger partial charge on any atom is -0.343 e. The summed E-state index contributed by atoms with van der Waals surface area (Å²) in [6, 6.07) is 18.2. The van der Waals surface area contributed by atoms with Crippen LogP contribution in [-0.2, 0) is 13.0 Å². The van der Waals surface area contributed by atoms with Crippen LogP contribution >= 0.6 is 11.6 Å². The molecule has 3 heteroatoms. The van der Waals surface area contributed by atoms with Crippen LogP contribution in [0.1, 0.15) is 11.1 Å². The van der Waals surface area contributed by atoms with Crippen molar-refractivity contribution in [2.24, 2.45) is 0 Å². The molecule has 0 fully saturated rings. The average molecular weight is 281 g/mol. The smallest absolute Gasteiger partial charge is 0.0670 e. The molecule has 3 rings (SSSR count). The van der Waals surface area contributed by atoms with E-state index in [2.05, 4.69) is 29.0 Å². The predicted octanol–water partition coefficient (Wildman–Crippen LogP) is 4.41. The van der Waals surface area contributed by atoms with Crippen LogP contribution in [-0.4, -0.2) is 4.57 Å². The molecule has 0 spiro atoms. The van der Waals surface area contributed by atoms with Gasteiger partial charge in [0.25, 0.3) is 0 Å². The van der Waals surface area contributed by atoms with Crippen molar-refractivity contribution >= 4 is 22.5 Å². The van der Waals surface area contributed by atoms with Crippen LogP contribution in [0.2, 0.25) is 5.02 Å². The molecule has 0 unspecified atom stereocenters. The van der Waals surface area contributed by atoms with Crippen LogP contribution in [0.4, 0.5) is 0 Å². The lowest BCUT2D eigenvalue weighted by Gasteiger charge is -2.07. The van der Waals surface area contributed by atoms with Crippen molar-refractivity contribution in [3.8, 4) is 6.07 Å². The van der Waals surface area contributed by atoms with Crippen molar-refractivity contribution in [1.82, 2.24) is 4.57 Å². The summed E-state index contributed by atoms with van der Waals surface area (Å²) in [5, 5.41) is 10.9. The molecular formula is C17H13ClN2. The van der Waals surface area contributed by atoms with Crippen LogP contribution in [0.3, 0.4) is 0 Å². The summed E-state index contributed by atoms with van der Waals surface area (Å²) in [6.45, 7) is 0.714. The highest BCUT2D eigenvalue weighted by Gasteiger charge is 2.09. The highest BCUT2D eigenvalue weighted by Crippen LogP contribution is 2.24. The fourth-order valence-corrected chi connectivity index (χ4v) is 2.69. The first-order chi connectivity index (χ1) is 9.79. The Bertz CT molecular complexity index is 796. The molecule has 0 amide bonds. The molecule has 3 aromatic rings. The SMILES string of the molecule is N#CCc1cn(Cc2ccccc2Cl)c2ccccc12. The van der Waals surface area contributed by atoms with Crippen molar-refractivity contribution in [3.05, 3.63) is 70.9 Å². The fraction of sp³-hybridized carbons (Fsp3) is 0.118. The van der Waals surface area contributed by atoms with E-state index in [0.717, 1.165) is 27.1 Å². The van der Waals surface area contributed by atoms with Crippen LogP contribution < -0.4 is 0 Å². The molecule has 2 nitrogen and oxygen atoms in total. The summed E-state index contributed by atoms with van der Waals surface area (Å²) in [5.74, 6) is 0. The zero-order chi connectivity index (χ0) is 13.9. The molecule has 0 bridgehead atoms. The molecule has 0 aliphatic rings. The van der Waals surface area contributed by atoms with Crippen molar-refractivity contribution in [2.45, 2.75) is 13.0 Å². The second-order valence-electron chi connectivity index (χ2n) is 4.73. The van der Waals surface area contributed by atoms with E-state index >= 15 is 0 Å². The Morgan fingerprint density at radius 2 is 1.75 bits per heavy atom. The van der Waals surface area contributed by atoms with Crippen LogP contribution in [0.5, 0.6) is 0 Å².